The van der Waals surface area contributed by atoms with Gasteiger partial charge in [-0.1, -0.05) is 87.4 Å². The molecule has 0 unspecified atom stereocenters. The van der Waals surface area contributed by atoms with Crippen LogP contribution in [0.1, 0.15) is 93.2 Å². The van der Waals surface area contributed by atoms with E-state index in [-0.39, 0.29) is 38.8 Å². The second-order valence-electron chi connectivity index (χ2n) is 13.1. The first-order chi connectivity index (χ1) is 15.3. The number of phenolic OH excluding ortho intramolecular Hbond substituents is 1. The van der Waals surface area contributed by atoms with Crippen LogP contribution in [-0.2, 0) is 10.8 Å². The van der Waals surface area contributed by atoms with Crippen molar-refractivity contribution in [1.29, 1.82) is 0 Å². The first-order valence-electron chi connectivity index (χ1n) is 11.9. The summed E-state index contributed by atoms with van der Waals surface area (Å²) in [6.45, 7) is 21.9. The minimum Gasteiger partial charge on any atom is -0.505 e. The van der Waals surface area contributed by atoms with Crippen LogP contribution in [-0.4, -0.2) is 10.0 Å². The van der Waals surface area contributed by atoms with Gasteiger partial charge >= 0.3 is 0 Å². The summed E-state index contributed by atoms with van der Waals surface area (Å²) < 4.78 is 0. The predicted molar refractivity (Wildman–Crippen MR) is 140 cm³/mol. The van der Waals surface area contributed by atoms with E-state index in [9.17, 15) is 15.2 Å². The van der Waals surface area contributed by atoms with Gasteiger partial charge in [-0.15, -0.1) is 10.2 Å². The fraction of sp³-hybridized carbons (Fsp3) is 0.571. The number of azo groups is 1. The van der Waals surface area contributed by atoms with E-state index >= 15 is 0 Å². The number of hydrogen-bond acceptors (Lipinski definition) is 5. The molecule has 1 N–H and O–H groups in total. The molecule has 6 heteroatoms. The quantitative estimate of drug-likeness (QED) is 0.250. The standard InChI is InChI=1S/C28H41N3O3/c1-25(2,3)17-27(7,8)19-15-20(28(9,10)18-26(4,5)6)24(32)22(16-19)30-29-21-13-11-12-14-23(21)31(33)34/h11-16,32H,17-18H2,1-10H3/b30-29+. The van der Waals surface area contributed by atoms with Crippen molar-refractivity contribution in [2.45, 2.75) is 92.9 Å². The van der Waals surface area contributed by atoms with Gasteiger partial charge in [-0.25, -0.2) is 0 Å². The second-order valence-corrected chi connectivity index (χ2v) is 13.1. The third-order valence-corrected chi connectivity index (χ3v) is 5.89. The number of nitrogens with zero attached hydrogens (tertiary/aromatic N) is 3. The molecule has 0 bridgehead atoms. The van der Waals surface area contributed by atoms with Crippen LogP contribution in [0.4, 0.5) is 17.1 Å². The molecule has 0 saturated heterocycles. The maximum atomic E-state index is 11.4. The van der Waals surface area contributed by atoms with Crippen LogP contribution in [0.2, 0.25) is 0 Å². The van der Waals surface area contributed by atoms with Crippen LogP contribution in [0.25, 0.3) is 0 Å². The van der Waals surface area contributed by atoms with E-state index in [0.717, 1.165) is 24.0 Å². The highest BCUT2D eigenvalue weighted by Crippen LogP contribution is 2.47. The Morgan fingerprint density at radius 1 is 0.794 bits per heavy atom. The molecule has 0 radical (unpaired) electrons. The van der Waals surface area contributed by atoms with Crippen molar-refractivity contribution in [3.63, 3.8) is 0 Å². The minimum absolute atomic E-state index is 0.0548. The molecule has 186 valence electrons. The summed E-state index contributed by atoms with van der Waals surface area (Å²) in [6.07, 6.45) is 1.79. The van der Waals surface area contributed by atoms with Crippen LogP contribution in [0.15, 0.2) is 46.6 Å². The Morgan fingerprint density at radius 2 is 1.29 bits per heavy atom. The Bertz CT molecular complexity index is 1070. The maximum Gasteiger partial charge on any atom is 0.296 e. The first kappa shape index (κ1) is 27.5. The van der Waals surface area contributed by atoms with Gasteiger partial charge in [0.15, 0.2) is 5.69 Å². The summed E-state index contributed by atoms with van der Waals surface area (Å²) in [5.41, 5.74) is 1.90. The molecule has 2 aromatic rings. The number of nitro groups is 1. The number of hydrogen-bond donors (Lipinski definition) is 1. The largest absolute Gasteiger partial charge is 0.505 e. The molecule has 2 aromatic carbocycles. The Labute approximate surface area is 204 Å². The molecule has 0 aliphatic carbocycles. The lowest BCUT2D eigenvalue weighted by Crippen LogP contribution is -2.28. The molecule has 0 fully saturated rings. The number of rotatable bonds is 7. The van der Waals surface area contributed by atoms with Crippen LogP contribution in [0, 0.1) is 20.9 Å². The lowest BCUT2D eigenvalue weighted by atomic mass is 9.68. The molecule has 0 aromatic heterocycles. The number of para-hydroxylation sites is 1. The van der Waals surface area contributed by atoms with Crippen molar-refractivity contribution in [1.82, 2.24) is 0 Å². The Balaban J connectivity index is 2.72. The van der Waals surface area contributed by atoms with Crippen LogP contribution in [0.5, 0.6) is 5.75 Å². The van der Waals surface area contributed by atoms with Crippen molar-refractivity contribution in [3.05, 3.63) is 57.6 Å². The third kappa shape index (κ3) is 7.12. The van der Waals surface area contributed by atoms with Gasteiger partial charge in [0.1, 0.15) is 11.4 Å². The molecular weight excluding hydrogens is 426 g/mol. The monoisotopic (exact) mass is 467 g/mol. The molecule has 0 atom stereocenters. The smallest absolute Gasteiger partial charge is 0.296 e. The number of aromatic hydroxyl groups is 1. The summed E-state index contributed by atoms with van der Waals surface area (Å²) in [5.74, 6) is 0.0758. The number of benzene rings is 2. The highest BCUT2D eigenvalue weighted by Gasteiger charge is 2.34. The van der Waals surface area contributed by atoms with Crippen LogP contribution < -0.4 is 0 Å². The van der Waals surface area contributed by atoms with E-state index in [0.29, 0.717) is 5.69 Å². The third-order valence-electron chi connectivity index (χ3n) is 5.89. The van der Waals surface area contributed by atoms with E-state index in [1.54, 1.807) is 18.2 Å². The van der Waals surface area contributed by atoms with Gasteiger partial charge < -0.3 is 5.11 Å². The molecule has 0 aliphatic heterocycles. The van der Waals surface area contributed by atoms with E-state index in [2.05, 4.69) is 85.5 Å². The molecular formula is C28H41N3O3. The van der Waals surface area contributed by atoms with Gasteiger partial charge in [0, 0.05) is 11.6 Å². The fourth-order valence-electron chi connectivity index (χ4n) is 5.26. The van der Waals surface area contributed by atoms with Gasteiger partial charge in [0.2, 0.25) is 0 Å². The van der Waals surface area contributed by atoms with Crippen molar-refractivity contribution >= 4 is 17.1 Å². The molecule has 0 saturated carbocycles. The van der Waals surface area contributed by atoms with Gasteiger partial charge in [0.05, 0.1) is 4.92 Å². The predicted octanol–water partition coefficient (Wildman–Crippen LogP) is 9.14. The van der Waals surface area contributed by atoms with E-state index < -0.39 is 4.92 Å². The minimum atomic E-state index is -0.477. The maximum absolute atomic E-state index is 11.4. The Kier molecular flexibility index (Phi) is 7.66. The summed E-state index contributed by atoms with van der Waals surface area (Å²) in [6, 6.07) is 10.2. The molecule has 0 heterocycles. The summed E-state index contributed by atoms with van der Waals surface area (Å²) >= 11 is 0. The molecule has 0 spiro atoms. The highest BCUT2D eigenvalue weighted by molar-refractivity contribution is 5.62. The van der Waals surface area contributed by atoms with Gasteiger partial charge in [-0.3, -0.25) is 10.1 Å². The lowest BCUT2D eigenvalue weighted by Gasteiger charge is -2.37. The summed E-state index contributed by atoms with van der Waals surface area (Å²) in [4.78, 5) is 10.9. The molecule has 0 aliphatic rings. The zero-order chi connectivity index (χ0) is 26.1. The van der Waals surface area contributed by atoms with Crippen molar-refractivity contribution in [2.24, 2.45) is 21.1 Å². The lowest BCUT2D eigenvalue weighted by molar-refractivity contribution is -0.384. The van der Waals surface area contributed by atoms with Crippen molar-refractivity contribution in [2.75, 3.05) is 0 Å². The topological polar surface area (TPSA) is 88.1 Å². The van der Waals surface area contributed by atoms with Crippen molar-refractivity contribution in [3.8, 4) is 5.75 Å². The number of nitro benzene ring substituents is 1. The van der Waals surface area contributed by atoms with E-state index in [1.165, 1.54) is 6.07 Å². The van der Waals surface area contributed by atoms with Gasteiger partial charge in [-0.2, -0.15) is 0 Å². The Morgan fingerprint density at radius 3 is 1.82 bits per heavy atom. The number of phenols is 1. The zero-order valence-corrected chi connectivity index (χ0v) is 22.5. The summed E-state index contributed by atoms with van der Waals surface area (Å²) in [5, 5.41) is 31.2. The normalized spacial score (nSPS) is 13.5. The molecule has 0 amide bonds. The molecule has 6 nitrogen and oxygen atoms in total. The molecule has 34 heavy (non-hydrogen) atoms. The van der Waals surface area contributed by atoms with E-state index in [4.69, 9.17) is 0 Å². The average molecular weight is 468 g/mol. The SMILES string of the molecule is CC(C)(C)CC(C)(C)c1cc(/N=N/c2ccccc2[N+](=O)[O-])c(O)c(C(C)(C)CC(C)(C)C)c1. The second kappa shape index (κ2) is 9.47. The molecule has 2 rings (SSSR count). The summed E-state index contributed by atoms with van der Waals surface area (Å²) in [7, 11) is 0. The fourth-order valence-corrected chi connectivity index (χ4v) is 5.26. The van der Waals surface area contributed by atoms with Crippen LogP contribution >= 0.6 is 0 Å². The Hall–Kier alpha value is -2.76. The van der Waals surface area contributed by atoms with E-state index in [1.807, 2.05) is 6.07 Å². The highest BCUT2D eigenvalue weighted by atomic mass is 16.6. The first-order valence-corrected chi connectivity index (χ1v) is 11.9. The van der Waals surface area contributed by atoms with Gasteiger partial charge in [0.25, 0.3) is 5.69 Å². The average Bonchev–Trinajstić information content (AvgIpc) is 2.63. The van der Waals surface area contributed by atoms with Crippen molar-refractivity contribution < 1.29 is 10.0 Å². The van der Waals surface area contributed by atoms with Gasteiger partial charge in [-0.05, 0) is 52.2 Å². The zero-order valence-electron chi connectivity index (χ0n) is 22.5. The van der Waals surface area contributed by atoms with Crippen LogP contribution in [0.3, 0.4) is 0 Å².